The van der Waals surface area contributed by atoms with Crippen molar-refractivity contribution in [2.75, 3.05) is 21.3 Å². The summed E-state index contributed by atoms with van der Waals surface area (Å²) < 4.78 is 16.1. The minimum absolute atomic E-state index is 0.0390. The van der Waals surface area contributed by atoms with Crippen LogP contribution in [-0.2, 0) is 4.79 Å². The van der Waals surface area contributed by atoms with Gasteiger partial charge in [0.2, 0.25) is 11.7 Å². The summed E-state index contributed by atoms with van der Waals surface area (Å²) in [6.07, 6.45) is 0. The number of rotatable bonds is 4. The van der Waals surface area contributed by atoms with Gasteiger partial charge in [-0.05, 0) is 24.6 Å². The van der Waals surface area contributed by atoms with Crippen LogP contribution < -0.4 is 19.9 Å². The summed E-state index contributed by atoms with van der Waals surface area (Å²) in [5.41, 5.74) is 7.16. The van der Waals surface area contributed by atoms with E-state index in [1.54, 1.807) is 19.1 Å². The number of hydrogen-bond donors (Lipinski definition) is 1. The second kappa shape index (κ2) is 7.37. The summed E-state index contributed by atoms with van der Waals surface area (Å²) in [7, 11) is 4.45. The second-order valence-corrected chi connectivity index (χ2v) is 7.40. The summed E-state index contributed by atoms with van der Waals surface area (Å²) in [6, 6.07) is 7.59. The van der Waals surface area contributed by atoms with Crippen molar-refractivity contribution in [2.45, 2.75) is 18.1 Å². The third-order valence-corrected chi connectivity index (χ3v) is 5.83. The molecule has 3 rings (SSSR count). The number of benzene rings is 1. The standard InChI is InChI=1S/C19H18N4O4S/c1-9-18(24)23-17(22)11(7-20)15(12(8-21)19(23)28-9)10-5-13(25-2)16(27-4)14(6-10)26-3/h5-6,9,15H,22H2,1-4H3/t9-,15+/m0/s1. The smallest absolute Gasteiger partial charge is 0.246 e. The highest BCUT2D eigenvalue weighted by molar-refractivity contribution is 8.04. The van der Waals surface area contributed by atoms with Crippen molar-refractivity contribution >= 4 is 17.7 Å². The number of carbonyl (C=O) groups excluding carboxylic acids is 1. The predicted octanol–water partition coefficient (Wildman–Crippen LogP) is 2.20. The van der Waals surface area contributed by atoms with E-state index in [9.17, 15) is 15.3 Å². The predicted molar refractivity (Wildman–Crippen MR) is 102 cm³/mol. The van der Waals surface area contributed by atoms with Crippen LogP contribution in [0, 0.1) is 22.7 Å². The molecule has 2 atom stereocenters. The normalized spacial score (nSPS) is 21.2. The van der Waals surface area contributed by atoms with Crippen LogP contribution in [0.4, 0.5) is 0 Å². The van der Waals surface area contributed by atoms with E-state index < -0.39 is 11.2 Å². The molecule has 0 radical (unpaired) electrons. The molecule has 144 valence electrons. The first-order chi connectivity index (χ1) is 13.4. The Hall–Kier alpha value is -3.30. The lowest BCUT2D eigenvalue weighted by molar-refractivity contribution is -0.125. The van der Waals surface area contributed by atoms with Gasteiger partial charge in [-0.25, -0.2) is 0 Å². The Kier molecular flexibility index (Phi) is 5.12. The van der Waals surface area contributed by atoms with Gasteiger partial charge in [0.25, 0.3) is 0 Å². The van der Waals surface area contributed by atoms with Gasteiger partial charge < -0.3 is 19.9 Å². The number of nitriles is 2. The zero-order chi connectivity index (χ0) is 20.6. The number of nitrogens with zero attached hydrogens (tertiary/aromatic N) is 3. The number of amides is 1. The Morgan fingerprint density at radius 2 is 1.64 bits per heavy atom. The average Bonchev–Trinajstić information content (AvgIpc) is 3.01. The van der Waals surface area contributed by atoms with Gasteiger partial charge in [0.05, 0.1) is 60.8 Å². The number of carbonyl (C=O) groups is 1. The maximum atomic E-state index is 12.5. The molecule has 28 heavy (non-hydrogen) atoms. The Morgan fingerprint density at radius 3 is 2.11 bits per heavy atom. The van der Waals surface area contributed by atoms with Crippen LogP contribution in [0.25, 0.3) is 0 Å². The highest BCUT2D eigenvalue weighted by Gasteiger charge is 2.45. The third kappa shape index (κ3) is 2.72. The molecule has 0 spiro atoms. The van der Waals surface area contributed by atoms with E-state index in [0.717, 1.165) is 0 Å². The van der Waals surface area contributed by atoms with Crippen molar-refractivity contribution in [2.24, 2.45) is 5.73 Å². The summed E-state index contributed by atoms with van der Waals surface area (Å²) in [6.45, 7) is 1.74. The molecule has 9 heteroatoms. The lowest BCUT2D eigenvalue weighted by Gasteiger charge is -2.30. The molecule has 1 fully saturated rings. The zero-order valence-electron chi connectivity index (χ0n) is 15.8. The number of methoxy groups -OCH3 is 3. The summed E-state index contributed by atoms with van der Waals surface area (Å²) in [4.78, 5) is 13.7. The molecular weight excluding hydrogens is 380 g/mol. The summed E-state index contributed by atoms with van der Waals surface area (Å²) in [5, 5.41) is 19.7. The minimum atomic E-state index is -0.749. The van der Waals surface area contributed by atoms with Crippen molar-refractivity contribution in [1.29, 1.82) is 10.5 Å². The molecule has 1 aromatic rings. The molecule has 2 N–H and O–H groups in total. The van der Waals surface area contributed by atoms with E-state index in [-0.39, 0.29) is 22.9 Å². The molecule has 1 amide bonds. The first kappa shape index (κ1) is 19.5. The molecular formula is C19H18N4O4S. The van der Waals surface area contributed by atoms with E-state index in [4.69, 9.17) is 19.9 Å². The van der Waals surface area contributed by atoms with Crippen LogP contribution in [-0.4, -0.2) is 37.4 Å². The lowest BCUT2D eigenvalue weighted by atomic mass is 9.83. The quantitative estimate of drug-likeness (QED) is 0.819. The first-order valence-corrected chi connectivity index (χ1v) is 9.15. The minimum Gasteiger partial charge on any atom is -0.493 e. The van der Waals surface area contributed by atoms with Crippen LogP contribution in [0.1, 0.15) is 18.4 Å². The van der Waals surface area contributed by atoms with Crippen molar-refractivity contribution < 1.29 is 19.0 Å². The SMILES string of the molecule is COc1cc([C@@H]2C(C#N)=C(N)N3C(=O)[C@H](C)SC3=C2C#N)cc(OC)c1OC. The van der Waals surface area contributed by atoms with Crippen molar-refractivity contribution in [3.05, 3.63) is 39.7 Å². The highest BCUT2D eigenvalue weighted by Crippen LogP contribution is 2.50. The Morgan fingerprint density at radius 1 is 1.07 bits per heavy atom. The van der Waals surface area contributed by atoms with Gasteiger partial charge >= 0.3 is 0 Å². The van der Waals surface area contributed by atoms with Gasteiger partial charge in [-0.3, -0.25) is 9.69 Å². The average molecular weight is 398 g/mol. The molecule has 2 aliphatic rings. The van der Waals surface area contributed by atoms with Crippen molar-refractivity contribution in [3.63, 3.8) is 0 Å². The zero-order valence-corrected chi connectivity index (χ0v) is 16.6. The first-order valence-electron chi connectivity index (χ1n) is 8.27. The fraction of sp³-hybridized carbons (Fsp3) is 0.316. The molecule has 0 aliphatic carbocycles. The van der Waals surface area contributed by atoms with E-state index in [2.05, 4.69) is 12.1 Å². The molecule has 2 heterocycles. The molecule has 0 unspecified atom stereocenters. The monoisotopic (exact) mass is 398 g/mol. The van der Waals surface area contributed by atoms with Crippen molar-refractivity contribution in [1.82, 2.24) is 4.90 Å². The molecule has 0 aromatic heterocycles. The van der Waals surface area contributed by atoms with E-state index in [0.29, 0.717) is 27.8 Å². The maximum Gasteiger partial charge on any atom is 0.246 e. The molecule has 1 saturated heterocycles. The van der Waals surface area contributed by atoms with Gasteiger partial charge in [-0.15, -0.1) is 0 Å². The van der Waals surface area contributed by atoms with Gasteiger partial charge in [-0.1, -0.05) is 11.8 Å². The molecule has 0 bridgehead atoms. The van der Waals surface area contributed by atoms with Gasteiger partial charge in [-0.2, -0.15) is 10.5 Å². The fourth-order valence-corrected chi connectivity index (χ4v) is 4.46. The maximum absolute atomic E-state index is 12.5. The van der Waals surface area contributed by atoms with E-state index in [1.165, 1.54) is 38.0 Å². The number of fused-ring (bicyclic) bond motifs is 1. The Balaban J connectivity index is 2.29. The van der Waals surface area contributed by atoms with Crippen LogP contribution in [0.2, 0.25) is 0 Å². The third-order valence-electron chi connectivity index (χ3n) is 4.65. The van der Waals surface area contributed by atoms with Crippen LogP contribution >= 0.6 is 11.8 Å². The van der Waals surface area contributed by atoms with Crippen molar-refractivity contribution in [3.8, 4) is 29.4 Å². The Labute approximate surface area is 166 Å². The highest BCUT2D eigenvalue weighted by atomic mass is 32.2. The molecule has 2 aliphatic heterocycles. The number of ether oxygens (including phenoxy) is 3. The number of hydrogen-bond acceptors (Lipinski definition) is 8. The lowest BCUT2D eigenvalue weighted by Crippen LogP contribution is -2.36. The summed E-state index contributed by atoms with van der Waals surface area (Å²) >= 11 is 1.26. The summed E-state index contributed by atoms with van der Waals surface area (Å²) in [5.74, 6) is 0.216. The van der Waals surface area contributed by atoms with Gasteiger partial charge in [0.15, 0.2) is 11.5 Å². The van der Waals surface area contributed by atoms with Crippen LogP contribution in [0.3, 0.4) is 0 Å². The van der Waals surface area contributed by atoms with Gasteiger partial charge in [0, 0.05) is 0 Å². The number of allylic oxidation sites excluding steroid dienone is 2. The topological polar surface area (TPSA) is 122 Å². The van der Waals surface area contributed by atoms with Crippen LogP contribution in [0.5, 0.6) is 17.2 Å². The molecule has 8 nitrogen and oxygen atoms in total. The Bertz CT molecular complexity index is 977. The van der Waals surface area contributed by atoms with Gasteiger partial charge in [0.1, 0.15) is 5.82 Å². The number of thioether (sulfide) groups is 1. The molecule has 1 aromatic carbocycles. The van der Waals surface area contributed by atoms with E-state index in [1.807, 2.05) is 0 Å². The van der Waals surface area contributed by atoms with E-state index >= 15 is 0 Å². The van der Waals surface area contributed by atoms with Crippen LogP contribution in [0.15, 0.2) is 34.1 Å². The largest absolute Gasteiger partial charge is 0.493 e. The fourth-order valence-electron chi connectivity index (χ4n) is 3.34. The molecule has 0 saturated carbocycles. The number of nitrogens with two attached hydrogens (primary N) is 1. The second-order valence-electron chi connectivity index (χ2n) is 6.07.